The molecule has 4 rings (SSSR count). The summed E-state index contributed by atoms with van der Waals surface area (Å²) in [6.07, 6.45) is 7.45. The summed E-state index contributed by atoms with van der Waals surface area (Å²) in [7, 11) is 0. The summed E-state index contributed by atoms with van der Waals surface area (Å²) in [5.41, 5.74) is 2.95. The van der Waals surface area contributed by atoms with E-state index in [1.807, 2.05) is 12.1 Å². The smallest absolute Gasteiger partial charge is 0.245 e. The Morgan fingerprint density at radius 3 is 2.85 bits per heavy atom. The predicted octanol–water partition coefficient (Wildman–Crippen LogP) is 2.21. The Balaban J connectivity index is 1.52. The van der Waals surface area contributed by atoms with Crippen LogP contribution in [0.4, 0.5) is 5.95 Å². The molecule has 1 atom stereocenters. The summed E-state index contributed by atoms with van der Waals surface area (Å²) in [6, 6.07) is 5.90. The number of phenolic OH excluding ortho intramolecular Hbond substituents is 1. The number of rotatable bonds is 5. The SMILES string of the molecule is CCC[C@H]1CN(c2ncc(-c3ccc(-c4cn[nH]c4)cc3O)nn2)CCN1. The Kier molecular flexibility index (Phi) is 4.97. The molecule has 3 heterocycles. The third-order valence-electron chi connectivity index (χ3n) is 4.83. The van der Waals surface area contributed by atoms with Gasteiger partial charge in [-0.3, -0.25) is 5.10 Å². The normalized spacial score (nSPS) is 17.2. The molecule has 0 spiro atoms. The zero-order valence-electron chi connectivity index (χ0n) is 15.3. The number of aromatic hydroxyl groups is 1. The van der Waals surface area contributed by atoms with Crippen molar-refractivity contribution >= 4 is 5.95 Å². The lowest BCUT2D eigenvalue weighted by Crippen LogP contribution is -2.51. The number of benzene rings is 1. The van der Waals surface area contributed by atoms with Gasteiger partial charge >= 0.3 is 0 Å². The van der Waals surface area contributed by atoms with E-state index in [4.69, 9.17) is 0 Å². The van der Waals surface area contributed by atoms with Crippen LogP contribution in [0.1, 0.15) is 19.8 Å². The quantitative estimate of drug-likeness (QED) is 0.637. The van der Waals surface area contributed by atoms with Crippen LogP contribution >= 0.6 is 0 Å². The number of anilines is 1. The van der Waals surface area contributed by atoms with Gasteiger partial charge in [0.05, 0.1) is 12.4 Å². The van der Waals surface area contributed by atoms with Gasteiger partial charge in [0.25, 0.3) is 0 Å². The monoisotopic (exact) mass is 365 g/mol. The van der Waals surface area contributed by atoms with Crippen molar-refractivity contribution in [3.05, 3.63) is 36.8 Å². The summed E-state index contributed by atoms with van der Waals surface area (Å²) in [4.78, 5) is 6.65. The molecular formula is C19H23N7O. The number of phenols is 1. The highest BCUT2D eigenvalue weighted by molar-refractivity contribution is 5.73. The van der Waals surface area contributed by atoms with Gasteiger partial charge in [0.2, 0.25) is 5.95 Å². The van der Waals surface area contributed by atoms with E-state index >= 15 is 0 Å². The van der Waals surface area contributed by atoms with E-state index in [1.54, 1.807) is 24.7 Å². The minimum atomic E-state index is 0.141. The van der Waals surface area contributed by atoms with Crippen LogP contribution in [0.2, 0.25) is 0 Å². The number of aromatic nitrogens is 5. The van der Waals surface area contributed by atoms with Crippen LogP contribution in [0.15, 0.2) is 36.8 Å². The number of nitrogens with zero attached hydrogens (tertiary/aromatic N) is 5. The molecule has 1 aliphatic heterocycles. The fourth-order valence-corrected chi connectivity index (χ4v) is 3.42. The Morgan fingerprint density at radius 1 is 1.22 bits per heavy atom. The van der Waals surface area contributed by atoms with Crippen LogP contribution in [-0.4, -0.2) is 56.2 Å². The van der Waals surface area contributed by atoms with Gasteiger partial charge in [0.1, 0.15) is 11.4 Å². The molecular weight excluding hydrogens is 342 g/mol. The number of H-pyrrole nitrogens is 1. The Hall–Kier alpha value is -3.00. The largest absolute Gasteiger partial charge is 0.507 e. The lowest BCUT2D eigenvalue weighted by molar-refractivity contribution is 0.426. The second kappa shape index (κ2) is 7.71. The van der Waals surface area contributed by atoms with Crippen molar-refractivity contribution in [3.63, 3.8) is 0 Å². The zero-order valence-corrected chi connectivity index (χ0v) is 15.3. The van der Waals surface area contributed by atoms with Gasteiger partial charge in [-0.25, -0.2) is 4.98 Å². The summed E-state index contributed by atoms with van der Waals surface area (Å²) in [5, 5.41) is 29.2. The molecule has 0 aliphatic carbocycles. The number of aromatic amines is 1. The van der Waals surface area contributed by atoms with Crippen molar-refractivity contribution in [2.45, 2.75) is 25.8 Å². The van der Waals surface area contributed by atoms with Gasteiger partial charge in [-0.1, -0.05) is 19.4 Å². The second-order valence-corrected chi connectivity index (χ2v) is 6.75. The molecule has 1 fully saturated rings. The van der Waals surface area contributed by atoms with Gasteiger partial charge in [-0.15, -0.1) is 10.2 Å². The van der Waals surface area contributed by atoms with Crippen molar-refractivity contribution in [1.82, 2.24) is 30.7 Å². The number of hydrogen-bond acceptors (Lipinski definition) is 7. The van der Waals surface area contributed by atoms with Crippen LogP contribution in [-0.2, 0) is 0 Å². The van der Waals surface area contributed by atoms with E-state index in [9.17, 15) is 5.11 Å². The van der Waals surface area contributed by atoms with Crippen molar-refractivity contribution in [3.8, 4) is 28.1 Å². The number of nitrogens with one attached hydrogen (secondary N) is 2. The minimum absolute atomic E-state index is 0.141. The third-order valence-corrected chi connectivity index (χ3v) is 4.83. The standard InChI is InChI=1S/C19H23N7O/c1-2-3-15-12-26(7-6-20-15)19-21-11-17(24-25-19)16-5-4-13(8-18(16)27)14-9-22-23-10-14/h4-5,8-11,15,20,27H,2-3,6-7,12H2,1H3,(H,22,23)/t15-/m0/s1. The molecule has 0 amide bonds. The van der Waals surface area contributed by atoms with Crippen molar-refractivity contribution in [1.29, 1.82) is 0 Å². The molecule has 1 aliphatic rings. The third kappa shape index (κ3) is 3.75. The average Bonchev–Trinajstić information content (AvgIpc) is 3.23. The van der Waals surface area contributed by atoms with Gasteiger partial charge in [-0.2, -0.15) is 5.10 Å². The topological polar surface area (TPSA) is 103 Å². The van der Waals surface area contributed by atoms with Gasteiger partial charge in [0.15, 0.2) is 0 Å². The van der Waals surface area contributed by atoms with Gasteiger partial charge in [-0.05, 0) is 24.1 Å². The fourth-order valence-electron chi connectivity index (χ4n) is 3.42. The van der Waals surface area contributed by atoms with E-state index in [1.165, 1.54) is 0 Å². The fraction of sp³-hybridized carbons (Fsp3) is 0.368. The average molecular weight is 365 g/mol. The van der Waals surface area contributed by atoms with Crippen molar-refractivity contribution < 1.29 is 5.11 Å². The maximum atomic E-state index is 10.4. The Labute approximate surface area is 157 Å². The van der Waals surface area contributed by atoms with E-state index in [-0.39, 0.29) is 5.75 Å². The minimum Gasteiger partial charge on any atom is -0.507 e. The first-order valence-electron chi connectivity index (χ1n) is 9.25. The van der Waals surface area contributed by atoms with E-state index in [0.717, 1.165) is 43.6 Å². The molecule has 1 saturated heterocycles. The van der Waals surface area contributed by atoms with Crippen LogP contribution < -0.4 is 10.2 Å². The highest BCUT2D eigenvalue weighted by Crippen LogP contribution is 2.31. The molecule has 0 unspecified atom stereocenters. The van der Waals surface area contributed by atoms with Crippen LogP contribution in [0.3, 0.4) is 0 Å². The first-order chi connectivity index (χ1) is 13.2. The molecule has 0 saturated carbocycles. The van der Waals surface area contributed by atoms with Crippen molar-refractivity contribution in [2.75, 3.05) is 24.5 Å². The Bertz CT molecular complexity index is 878. The maximum absolute atomic E-state index is 10.4. The number of hydrogen-bond donors (Lipinski definition) is 3. The summed E-state index contributed by atoms with van der Waals surface area (Å²) in [6.45, 7) is 4.87. The van der Waals surface area contributed by atoms with Crippen LogP contribution in [0, 0.1) is 0 Å². The van der Waals surface area contributed by atoms with Crippen LogP contribution in [0.25, 0.3) is 22.4 Å². The molecule has 8 nitrogen and oxygen atoms in total. The molecule has 140 valence electrons. The maximum Gasteiger partial charge on any atom is 0.245 e. The van der Waals surface area contributed by atoms with Gasteiger partial charge < -0.3 is 15.3 Å². The summed E-state index contributed by atoms with van der Waals surface area (Å²) >= 11 is 0. The molecule has 27 heavy (non-hydrogen) atoms. The second-order valence-electron chi connectivity index (χ2n) is 6.75. The molecule has 0 radical (unpaired) electrons. The molecule has 1 aromatic carbocycles. The van der Waals surface area contributed by atoms with E-state index in [0.29, 0.717) is 23.2 Å². The molecule has 3 aromatic rings. The van der Waals surface area contributed by atoms with Gasteiger partial charge in [0, 0.05) is 43.0 Å². The summed E-state index contributed by atoms with van der Waals surface area (Å²) in [5.74, 6) is 0.776. The lowest BCUT2D eigenvalue weighted by Gasteiger charge is -2.33. The van der Waals surface area contributed by atoms with E-state index < -0.39 is 0 Å². The molecule has 0 bridgehead atoms. The molecule has 8 heteroatoms. The molecule has 3 N–H and O–H groups in total. The van der Waals surface area contributed by atoms with Crippen LogP contribution in [0.5, 0.6) is 5.75 Å². The van der Waals surface area contributed by atoms with E-state index in [2.05, 4.69) is 42.5 Å². The predicted molar refractivity (Wildman–Crippen MR) is 103 cm³/mol. The highest BCUT2D eigenvalue weighted by atomic mass is 16.3. The highest BCUT2D eigenvalue weighted by Gasteiger charge is 2.21. The number of piperazine rings is 1. The van der Waals surface area contributed by atoms with Crippen molar-refractivity contribution in [2.24, 2.45) is 0 Å². The zero-order chi connectivity index (χ0) is 18.6. The Morgan fingerprint density at radius 2 is 2.15 bits per heavy atom. The molecule has 2 aromatic heterocycles. The first kappa shape index (κ1) is 17.4. The lowest BCUT2D eigenvalue weighted by atomic mass is 10.0. The first-order valence-corrected chi connectivity index (χ1v) is 9.25. The summed E-state index contributed by atoms with van der Waals surface area (Å²) < 4.78 is 0.